The van der Waals surface area contributed by atoms with Crippen molar-refractivity contribution in [2.75, 3.05) is 0 Å². The van der Waals surface area contributed by atoms with Crippen molar-refractivity contribution in [1.29, 1.82) is 0 Å². The van der Waals surface area contributed by atoms with Crippen LogP contribution in [0.2, 0.25) is 0 Å². The van der Waals surface area contributed by atoms with Gasteiger partial charge in [-0.2, -0.15) is 0 Å². The fourth-order valence-electron chi connectivity index (χ4n) is 6.15. The van der Waals surface area contributed by atoms with Gasteiger partial charge in [0, 0.05) is 24.0 Å². The van der Waals surface area contributed by atoms with Gasteiger partial charge in [0.2, 0.25) is 0 Å². The summed E-state index contributed by atoms with van der Waals surface area (Å²) in [4.78, 5) is 42.6. The predicted molar refractivity (Wildman–Crippen MR) is 177 cm³/mol. The third-order valence-corrected chi connectivity index (χ3v) is 8.49. The zero-order chi connectivity index (χ0) is 32.0. The smallest absolute Gasteiger partial charge is 0.303 e. The maximum absolute atomic E-state index is 11.5. The lowest BCUT2D eigenvalue weighted by atomic mass is 9.95. The fraction of sp³-hybridized carbons (Fsp3) is 0.353. The first kappa shape index (κ1) is 33.6. The number of halogens is 1. The lowest BCUT2D eigenvalue weighted by molar-refractivity contribution is -0.137. The summed E-state index contributed by atoms with van der Waals surface area (Å²) in [5.74, 6) is -1.86. The van der Waals surface area contributed by atoms with Gasteiger partial charge in [-0.1, -0.05) is 0 Å². The molecule has 0 aromatic rings. The van der Waals surface area contributed by atoms with Crippen molar-refractivity contribution in [2.45, 2.75) is 79.4 Å². The van der Waals surface area contributed by atoms with Crippen molar-refractivity contribution in [2.24, 2.45) is 20.0 Å². The number of aliphatic hydroxyl groups excluding tert-OH is 2. The van der Waals surface area contributed by atoms with Crippen molar-refractivity contribution >= 4 is 47.2 Å². The lowest BCUT2D eigenvalue weighted by Crippen LogP contribution is -2.09. The van der Waals surface area contributed by atoms with Crippen LogP contribution < -0.4 is 0 Å². The van der Waals surface area contributed by atoms with E-state index in [9.17, 15) is 30.0 Å². The van der Waals surface area contributed by atoms with Crippen LogP contribution in [0.1, 0.15) is 67.2 Å². The Bertz CT molecular complexity index is 1780. The minimum atomic E-state index is -0.931. The van der Waals surface area contributed by atoms with Crippen LogP contribution in [0.4, 0.5) is 0 Å². The number of carboxylic acids is 2. The highest BCUT2D eigenvalue weighted by molar-refractivity contribution is 6.20. The van der Waals surface area contributed by atoms with E-state index in [1.807, 2.05) is 39.8 Å². The molecule has 0 amide bonds. The van der Waals surface area contributed by atoms with Crippen LogP contribution in [0.3, 0.4) is 0 Å². The molecule has 8 bridgehead atoms. The van der Waals surface area contributed by atoms with Crippen LogP contribution in [0, 0.1) is 0 Å². The molecule has 0 aromatic carbocycles. The van der Waals surface area contributed by atoms with Crippen molar-refractivity contribution in [1.82, 2.24) is 0 Å². The Kier molecular flexibility index (Phi) is 9.72. The number of aliphatic carboxylic acids is 2. The van der Waals surface area contributed by atoms with Crippen molar-refractivity contribution in [3.8, 4) is 0 Å². The van der Waals surface area contributed by atoms with Gasteiger partial charge in [-0.3, -0.25) is 9.59 Å². The van der Waals surface area contributed by atoms with Crippen molar-refractivity contribution in [3.05, 3.63) is 91.7 Å². The zero-order valence-electron chi connectivity index (χ0n) is 26.1. The summed E-state index contributed by atoms with van der Waals surface area (Å²) in [5.41, 5.74) is 10.6. The highest BCUT2D eigenvalue weighted by Gasteiger charge is 2.31. The van der Waals surface area contributed by atoms with Crippen LogP contribution in [-0.4, -0.2) is 67.4 Å². The van der Waals surface area contributed by atoms with Gasteiger partial charge in [0.25, 0.3) is 0 Å². The SMILES string of the molecule is CC1=C(CCC(=O)O)C2=CC3=NC(=CC4=NC(=CC5=NC(=CC1=N2)C(C(C)O)=C5C)C(C(C)O)=C4C)C(C)=C3CCC(=O)O.Cl. The molecule has 0 saturated carbocycles. The summed E-state index contributed by atoms with van der Waals surface area (Å²) < 4.78 is 0. The van der Waals surface area contributed by atoms with Crippen LogP contribution in [0.15, 0.2) is 112 Å². The average molecular weight is 633 g/mol. The number of hydrogen-bond donors (Lipinski definition) is 4. The van der Waals surface area contributed by atoms with E-state index >= 15 is 0 Å². The monoisotopic (exact) mass is 632 g/mol. The Hall–Kier alpha value is -4.25. The number of hydrogen-bond acceptors (Lipinski definition) is 8. The molecule has 5 aliphatic rings. The second-order valence-corrected chi connectivity index (χ2v) is 11.5. The van der Waals surface area contributed by atoms with Crippen LogP contribution in [0.25, 0.3) is 0 Å². The van der Waals surface area contributed by atoms with Gasteiger partial charge >= 0.3 is 11.9 Å². The number of fused-ring (bicyclic) bond motifs is 4. The first-order chi connectivity index (χ1) is 20.8. The van der Waals surface area contributed by atoms with Gasteiger partial charge in [-0.05, 0) is 112 Å². The van der Waals surface area contributed by atoms with E-state index < -0.39 is 24.1 Å². The molecule has 5 aliphatic heterocycles. The van der Waals surface area contributed by atoms with Crippen LogP contribution >= 0.6 is 12.4 Å². The van der Waals surface area contributed by atoms with E-state index in [2.05, 4.69) is 0 Å². The summed E-state index contributed by atoms with van der Waals surface area (Å²) in [5, 5.41) is 40.4. The highest BCUT2D eigenvalue weighted by Crippen LogP contribution is 2.38. The van der Waals surface area contributed by atoms with E-state index in [0.29, 0.717) is 56.8 Å². The van der Waals surface area contributed by atoms with Gasteiger partial charge in [0.1, 0.15) is 0 Å². The minimum Gasteiger partial charge on any atom is -0.481 e. The van der Waals surface area contributed by atoms with Gasteiger partial charge in [-0.15, -0.1) is 12.4 Å². The predicted octanol–water partition coefficient (Wildman–Crippen LogP) is 5.53. The van der Waals surface area contributed by atoms with Crippen LogP contribution in [-0.2, 0) is 9.59 Å². The molecule has 0 fully saturated rings. The number of carbonyl (C=O) groups is 2. The van der Waals surface area contributed by atoms with Crippen LogP contribution in [0.5, 0.6) is 0 Å². The molecule has 0 aromatic heterocycles. The fourth-order valence-corrected chi connectivity index (χ4v) is 6.15. The number of carboxylic acid groups (broad SMARTS) is 2. The second-order valence-electron chi connectivity index (χ2n) is 11.5. The van der Waals surface area contributed by atoms with Gasteiger partial charge in [0.05, 0.1) is 57.8 Å². The molecule has 0 aliphatic carbocycles. The first-order valence-electron chi connectivity index (χ1n) is 14.6. The van der Waals surface area contributed by atoms with Gasteiger partial charge in [0.15, 0.2) is 0 Å². The number of allylic oxidation sites excluding steroid dienone is 10. The summed E-state index contributed by atoms with van der Waals surface area (Å²) >= 11 is 0. The summed E-state index contributed by atoms with van der Waals surface area (Å²) in [6, 6.07) is 0. The van der Waals surface area contributed by atoms with Crippen molar-refractivity contribution < 1.29 is 30.0 Å². The molecule has 236 valence electrons. The summed E-state index contributed by atoms with van der Waals surface area (Å²) in [7, 11) is 0. The molecule has 2 unspecified atom stereocenters. The molecule has 0 saturated heterocycles. The van der Waals surface area contributed by atoms with E-state index in [0.717, 1.165) is 33.4 Å². The van der Waals surface area contributed by atoms with Gasteiger partial charge in [-0.25, -0.2) is 20.0 Å². The molecular weight excluding hydrogens is 596 g/mol. The molecule has 0 spiro atoms. The molecule has 0 radical (unpaired) electrons. The minimum absolute atomic E-state index is 0. The largest absolute Gasteiger partial charge is 0.481 e. The molecule has 10 nitrogen and oxygen atoms in total. The third kappa shape index (κ3) is 6.45. The molecule has 2 atom stereocenters. The average Bonchev–Trinajstić information content (AvgIpc) is 3.59. The Morgan fingerprint density at radius 1 is 0.578 bits per heavy atom. The Morgan fingerprint density at radius 2 is 0.956 bits per heavy atom. The van der Waals surface area contributed by atoms with E-state index in [1.54, 1.807) is 26.0 Å². The number of nitrogens with zero attached hydrogens (tertiary/aromatic N) is 4. The van der Waals surface area contributed by atoms with Crippen molar-refractivity contribution in [3.63, 3.8) is 0 Å². The van der Waals surface area contributed by atoms with E-state index in [4.69, 9.17) is 20.0 Å². The number of aliphatic imine (C=N–C) groups is 4. The normalized spacial score (nSPS) is 20.6. The Morgan fingerprint density at radius 3 is 1.42 bits per heavy atom. The molecule has 4 N–H and O–H groups in total. The summed E-state index contributed by atoms with van der Waals surface area (Å²) in [6.45, 7) is 10.9. The molecule has 11 heteroatoms. The maximum atomic E-state index is 11.5. The molecule has 5 heterocycles. The second kappa shape index (κ2) is 13.0. The molecular formula is C34H37ClN4O6. The Labute approximate surface area is 267 Å². The zero-order valence-corrected chi connectivity index (χ0v) is 26.9. The standard InChI is InChI=1S/C34H36N4O6.ClH/c1-15-21(7-9-31(41)42)27-14-28-22(8-10-32(43)44)16(2)24(36-28)12-29-34(20(6)40)18(4)26(38-29)13-30-33(19(5)39)17(3)25(37-30)11-23(15)35-27;/h11-14,19-20,39-40H,7-10H2,1-6H3,(H,41,42)(H,43,44);1H. The van der Waals surface area contributed by atoms with E-state index in [1.165, 1.54) is 0 Å². The summed E-state index contributed by atoms with van der Waals surface area (Å²) in [6.07, 6.45) is 5.93. The highest BCUT2D eigenvalue weighted by atomic mass is 35.5. The maximum Gasteiger partial charge on any atom is 0.303 e. The molecule has 45 heavy (non-hydrogen) atoms. The van der Waals surface area contributed by atoms with E-state index in [-0.39, 0.29) is 38.1 Å². The first-order valence-corrected chi connectivity index (χ1v) is 14.6. The quantitative estimate of drug-likeness (QED) is 0.275. The lowest BCUT2D eigenvalue weighted by Gasteiger charge is -2.10. The topological polar surface area (TPSA) is 164 Å². The third-order valence-electron chi connectivity index (χ3n) is 8.49. The number of rotatable bonds is 8. The van der Waals surface area contributed by atoms with Gasteiger partial charge < -0.3 is 20.4 Å². The Balaban J connectivity index is 0.00000461. The molecule has 5 rings (SSSR count). The number of aliphatic hydroxyl groups is 2.